The van der Waals surface area contributed by atoms with E-state index in [0.717, 1.165) is 29.9 Å². The van der Waals surface area contributed by atoms with E-state index in [1.165, 1.54) is 0 Å². The molecule has 0 spiro atoms. The molecule has 27 heavy (non-hydrogen) atoms. The zero-order chi connectivity index (χ0) is 19.9. The number of rotatable bonds is 13. The highest BCUT2D eigenvalue weighted by molar-refractivity contribution is 7.99. The Morgan fingerprint density at radius 2 is 1.85 bits per heavy atom. The van der Waals surface area contributed by atoms with Crippen LogP contribution in [0.5, 0.6) is 5.75 Å². The normalized spacial score (nSPS) is 11.5. The van der Waals surface area contributed by atoms with Gasteiger partial charge in [-0.25, -0.2) is 4.79 Å². The standard InChI is InChI=1S/C20H31NO5S/c1-4-6-14-26-20(23)21-18(8-7-9-19(22)25-5-2)27-15-16-10-12-17(24-3)13-11-16/h10-13,18H,4-9,14-15H2,1-3H3,(H,21,23). The number of thioether (sulfide) groups is 1. The van der Waals surface area contributed by atoms with Crippen molar-refractivity contribution < 1.29 is 23.8 Å². The van der Waals surface area contributed by atoms with E-state index >= 15 is 0 Å². The van der Waals surface area contributed by atoms with Crippen LogP contribution < -0.4 is 10.1 Å². The first-order chi connectivity index (χ1) is 13.1. The number of ether oxygens (including phenoxy) is 3. The Bertz CT molecular complexity index is 550. The van der Waals surface area contributed by atoms with E-state index in [9.17, 15) is 9.59 Å². The molecule has 0 radical (unpaired) electrons. The fourth-order valence-corrected chi connectivity index (χ4v) is 3.36. The number of amides is 1. The fourth-order valence-electron chi connectivity index (χ4n) is 2.26. The van der Waals surface area contributed by atoms with Crippen LogP contribution in [0.2, 0.25) is 0 Å². The lowest BCUT2D eigenvalue weighted by Gasteiger charge is -2.18. The number of benzene rings is 1. The Balaban J connectivity index is 2.51. The number of alkyl carbamates (subject to hydrolysis) is 1. The first-order valence-electron chi connectivity index (χ1n) is 9.42. The highest BCUT2D eigenvalue weighted by atomic mass is 32.2. The zero-order valence-electron chi connectivity index (χ0n) is 16.5. The van der Waals surface area contributed by atoms with E-state index in [1.54, 1.807) is 25.8 Å². The third-order valence-corrected chi connectivity index (χ3v) is 5.03. The summed E-state index contributed by atoms with van der Waals surface area (Å²) >= 11 is 1.62. The molecule has 0 aliphatic carbocycles. The Morgan fingerprint density at radius 1 is 1.11 bits per heavy atom. The maximum atomic E-state index is 12.0. The molecule has 1 aromatic rings. The molecular formula is C20H31NO5S. The number of hydrogen-bond acceptors (Lipinski definition) is 6. The van der Waals surface area contributed by atoms with Crippen LogP contribution in [-0.2, 0) is 20.0 Å². The summed E-state index contributed by atoms with van der Waals surface area (Å²) in [6.45, 7) is 4.64. The summed E-state index contributed by atoms with van der Waals surface area (Å²) in [5, 5.41) is 2.77. The molecule has 7 heteroatoms. The maximum absolute atomic E-state index is 12.0. The average molecular weight is 398 g/mol. The van der Waals surface area contributed by atoms with E-state index in [-0.39, 0.29) is 11.3 Å². The average Bonchev–Trinajstić information content (AvgIpc) is 2.66. The molecule has 0 aliphatic rings. The zero-order valence-corrected chi connectivity index (χ0v) is 17.3. The van der Waals surface area contributed by atoms with Gasteiger partial charge in [0.05, 0.1) is 25.7 Å². The largest absolute Gasteiger partial charge is 0.497 e. The van der Waals surface area contributed by atoms with Gasteiger partial charge in [0.2, 0.25) is 0 Å². The topological polar surface area (TPSA) is 73.9 Å². The highest BCUT2D eigenvalue weighted by Crippen LogP contribution is 2.22. The summed E-state index contributed by atoms with van der Waals surface area (Å²) < 4.78 is 15.3. The Labute approximate surface area is 166 Å². The van der Waals surface area contributed by atoms with Gasteiger partial charge in [0.1, 0.15) is 5.75 Å². The first kappa shape index (κ1) is 23.1. The molecule has 0 aromatic heterocycles. The van der Waals surface area contributed by atoms with Crippen molar-refractivity contribution in [2.24, 2.45) is 0 Å². The minimum Gasteiger partial charge on any atom is -0.497 e. The Hall–Kier alpha value is -1.89. The predicted molar refractivity (Wildman–Crippen MR) is 108 cm³/mol. The molecule has 0 aliphatic heterocycles. The molecule has 1 unspecified atom stereocenters. The van der Waals surface area contributed by atoms with Gasteiger partial charge in [-0.1, -0.05) is 25.5 Å². The third kappa shape index (κ3) is 10.8. The first-order valence-corrected chi connectivity index (χ1v) is 10.5. The van der Waals surface area contributed by atoms with Gasteiger partial charge in [0.15, 0.2) is 0 Å². The molecule has 152 valence electrons. The predicted octanol–water partition coefficient (Wildman–Crippen LogP) is 4.51. The van der Waals surface area contributed by atoms with Crippen LogP contribution in [0.1, 0.15) is 51.5 Å². The summed E-state index contributed by atoms with van der Waals surface area (Å²) in [5.41, 5.74) is 1.14. The molecule has 0 bridgehead atoms. The smallest absolute Gasteiger partial charge is 0.408 e. The Morgan fingerprint density at radius 3 is 2.48 bits per heavy atom. The van der Waals surface area contributed by atoms with E-state index in [4.69, 9.17) is 14.2 Å². The molecule has 0 saturated heterocycles. The second-order valence-electron chi connectivity index (χ2n) is 5.98. The van der Waals surface area contributed by atoms with E-state index in [2.05, 4.69) is 5.32 Å². The lowest BCUT2D eigenvalue weighted by Crippen LogP contribution is -2.33. The summed E-state index contributed by atoms with van der Waals surface area (Å²) in [6, 6.07) is 7.83. The second kappa shape index (κ2) is 14.2. The van der Waals surface area contributed by atoms with Crippen molar-refractivity contribution in [3.05, 3.63) is 29.8 Å². The molecule has 1 aromatic carbocycles. The van der Waals surface area contributed by atoms with Gasteiger partial charge in [-0.05, 0) is 43.9 Å². The maximum Gasteiger partial charge on any atom is 0.408 e. The van der Waals surface area contributed by atoms with Gasteiger partial charge in [0, 0.05) is 12.2 Å². The van der Waals surface area contributed by atoms with Gasteiger partial charge < -0.3 is 19.5 Å². The van der Waals surface area contributed by atoms with Crippen molar-refractivity contribution in [3.63, 3.8) is 0 Å². The summed E-state index contributed by atoms with van der Waals surface area (Å²) in [7, 11) is 1.64. The minimum atomic E-state index is -0.410. The molecule has 0 saturated carbocycles. The van der Waals surface area contributed by atoms with Crippen LogP contribution >= 0.6 is 11.8 Å². The number of methoxy groups -OCH3 is 1. The van der Waals surface area contributed by atoms with Gasteiger partial charge in [-0.2, -0.15) is 0 Å². The molecule has 1 N–H and O–H groups in total. The number of unbranched alkanes of at least 4 members (excludes halogenated alkanes) is 1. The minimum absolute atomic E-state index is 0.129. The van der Waals surface area contributed by atoms with Crippen molar-refractivity contribution in [2.75, 3.05) is 20.3 Å². The van der Waals surface area contributed by atoms with Crippen molar-refractivity contribution in [3.8, 4) is 5.75 Å². The van der Waals surface area contributed by atoms with Crippen LogP contribution in [-0.4, -0.2) is 37.8 Å². The van der Waals surface area contributed by atoms with Crippen LogP contribution in [0.4, 0.5) is 4.79 Å². The molecular weight excluding hydrogens is 366 g/mol. The molecule has 0 heterocycles. The van der Waals surface area contributed by atoms with Crippen LogP contribution in [0.15, 0.2) is 24.3 Å². The fraction of sp³-hybridized carbons (Fsp3) is 0.600. The second-order valence-corrected chi connectivity index (χ2v) is 7.17. The van der Waals surface area contributed by atoms with Gasteiger partial charge >= 0.3 is 12.1 Å². The SMILES string of the molecule is CCCCOC(=O)NC(CCCC(=O)OCC)SCc1ccc(OC)cc1. The summed E-state index contributed by atoms with van der Waals surface area (Å²) in [6.07, 6.45) is 3.08. The molecule has 1 amide bonds. The van der Waals surface area contributed by atoms with Crippen molar-refractivity contribution in [1.82, 2.24) is 5.32 Å². The van der Waals surface area contributed by atoms with Crippen LogP contribution in [0.25, 0.3) is 0 Å². The third-order valence-electron chi connectivity index (χ3n) is 3.77. The molecule has 0 fully saturated rings. The van der Waals surface area contributed by atoms with Crippen molar-refractivity contribution >= 4 is 23.8 Å². The van der Waals surface area contributed by atoms with Gasteiger partial charge in [-0.15, -0.1) is 11.8 Å². The quantitative estimate of drug-likeness (QED) is 0.300. The molecule has 1 rings (SSSR count). The Kier molecular flexibility index (Phi) is 12.2. The number of carbonyl (C=O) groups is 2. The van der Waals surface area contributed by atoms with Crippen molar-refractivity contribution in [1.29, 1.82) is 0 Å². The molecule has 6 nitrogen and oxygen atoms in total. The summed E-state index contributed by atoms with van der Waals surface area (Å²) in [5.74, 6) is 1.35. The van der Waals surface area contributed by atoms with Gasteiger partial charge in [-0.3, -0.25) is 4.79 Å². The van der Waals surface area contributed by atoms with Crippen LogP contribution in [0, 0.1) is 0 Å². The number of nitrogens with one attached hydrogen (secondary N) is 1. The van der Waals surface area contributed by atoms with Gasteiger partial charge in [0.25, 0.3) is 0 Å². The van der Waals surface area contributed by atoms with E-state index in [0.29, 0.717) is 32.5 Å². The number of carbonyl (C=O) groups excluding carboxylic acids is 2. The lowest BCUT2D eigenvalue weighted by molar-refractivity contribution is -0.143. The summed E-state index contributed by atoms with van der Waals surface area (Å²) in [4.78, 5) is 23.5. The number of esters is 1. The molecule has 1 atom stereocenters. The van der Waals surface area contributed by atoms with E-state index < -0.39 is 6.09 Å². The van der Waals surface area contributed by atoms with Crippen LogP contribution in [0.3, 0.4) is 0 Å². The highest BCUT2D eigenvalue weighted by Gasteiger charge is 2.15. The van der Waals surface area contributed by atoms with E-state index in [1.807, 2.05) is 31.2 Å². The monoisotopic (exact) mass is 397 g/mol. The van der Waals surface area contributed by atoms with Crippen molar-refractivity contribution in [2.45, 2.75) is 57.1 Å². The lowest BCUT2D eigenvalue weighted by atomic mass is 10.2. The number of hydrogen-bond donors (Lipinski definition) is 1.